The van der Waals surface area contributed by atoms with Crippen LogP contribution in [0.2, 0.25) is 0 Å². The molecule has 0 aromatic carbocycles. The summed E-state index contributed by atoms with van der Waals surface area (Å²) >= 11 is 0. The molecule has 1 atom stereocenters. The lowest BCUT2D eigenvalue weighted by Crippen LogP contribution is -2.24. The van der Waals surface area contributed by atoms with Gasteiger partial charge in [-0.1, -0.05) is 6.92 Å². The number of ether oxygens (including phenoxy) is 1. The molecular weight excluding hydrogens is 242 g/mol. The number of aromatic nitrogens is 2. The summed E-state index contributed by atoms with van der Waals surface area (Å²) < 4.78 is 7.42. The second-order valence-corrected chi connectivity index (χ2v) is 5.36. The average Bonchev–Trinajstić information content (AvgIpc) is 2.70. The molecule has 1 aromatic rings. The van der Waals surface area contributed by atoms with E-state index in [0.29, 0.717) is 24.0 Å². The van der Waals surface area contributed by atoms with Gasteiger partial charge >= 0.3 is 0 Å². The largest absolute Gasteiger partial charge is 0.477 e. The summed E-state index contributed by atoms with van der Waals surface area (Å²) in [6.45, 7) is 10.5. The van der Waals surface area contributed by atoms with Gasteiger partial charge in [-0.3, -0.25) is 0 Å². The summed E-state index contributed by atoms with van der Waals surface area (Å²) in [5, 5.41) is 0. The topological polar surface area (TPSA) is 91.5 Å². The van der Waals surface area contributed by atoms with Gasteiger partial charge in [0, 0.05) is 5.54 Å². The Morgan fingerprint density at radius 2 is 2.11 bits per heavy atom. The maximum Gasteiger partial charge on any atom is 0.240 e. The molecule has 0 saturated heterocycles. The molecule has 6 heteroatoms. The molecule has 0 bridgehead atoms. The van der Waals surface area contributed by atoms with Crippen molar-refractivity contribution in [1.82, 2.24) is 9.55 Å². The minimum absolute atomic E-state index is 0.139. The lowest BCUT2D eigenvalue weighted by Gasteiger charge is -2.22. The third-order valence-electron chi connectivity index (χ3n) is 2.71. The van der Waals surface area contributed by atoms with E-state index < -0.39 is 0 Å². The van der Waals surface area contributed by atoms with Crippen LogP contribution >= 0.6 is 0 Å². The van der Waals surface area contributed by atoms with E-state index in [9.17, 15) is 0 Å². The highest BCUT2D eigenvalue weighted by Gasteiger charge is 2.22. The summed E-state index contributed by atoms with van der Waals surface area (Å²) in [7, 11) is 0. The van der Waals surface area contributed by atoms with Gasteiger partial charge in [0.05, 0.1) is 12.9 Å². The lowest BCUT2D eigenvalue weighted by molar-refractivity contribution is 0.323. The summed E-state index contributed by atoms with van der Waals surface area (Å²) in [5.74, 6) is 0.959. The van der Waals surface area contributed by atoms with Crippen LogP contribution in [0.5, 0.6) is 0 Å². The molecule has 0 saturated carbocycles. The van der Waals surface area contributed by atoms with Gasteiger partial charge in [-0.05, 0) is 34.1 Å². The molecule has 108 valence electrons. The summed E-state index contributed by atoms with van der Waals surface area (Å²) in [6.07, 6.45) is 2.13. The third-order valence-corrected chi connectivity index (χ3v) is 2.71. The number of nitrogen functional groups attached to an aromatic ring is 1. The Bertz CT molecular complexity index is 444. The van der Waals surface area contributed by atoms with Crippen molar-refractivity contribution in [2.24, 2.45) is 10.7 Å². The highest BCUT2D eigenvalue weighted by molar-refractivity contribution is 5.96. The van der Waals surface area contributed by atoms with E-state index in [-0.39, 0.29) is 11.7 Å². The fourth-order valence-corrected chi connectivity index (χ4v) is 1.60. The van der Waals surface area contributed by atoms with E-state index in [1.165, 1.54) is 0 Å². The number of hydrogen-bond acceptors (Lipinski definition) is 5. The zero-order chi connectivity index (χ0) is 14.6. The number of aliphatic imine (C=N–C) groups is 1. The van der Waals surface area contributed by atoms with Crippen LogP contribution in [-0.4, -0.2) is 28.2 Å². The van der Waals surface area contributed by atoms with E-state index in [0.717, 1.165) is 6.42 Å². The number of nitrogens with zero attached hydrogens (tertiary/aromatic N) is 3. The molecule has 6 nitrogen and oxygen atoms in total. The van der Waals surface area contributed by atoms with Gasteiger partial charge in [-0.25, -0.2) is 9.98 Å². The van der Waals surface area contributed by atoms with Crippen LogP contribution in [0, 0.1) is 0 Å². The summed E-state index contributed by atoms with van der Waals surface area (Å²) in [6, 6.07) is 0. The van der Waals surface area contributed by atoms with Crippen molar-refractivity contribution in [2.45, 2.75) is 52.7 Å². The van der Waals surface area contributed by atoms with Gasteiger partial charge in [0.15, 0.2) is 5.69 Å². The van der Waals surface area contributed by atoms with Gasteiger partial charge < -0.3 is 20.8 Å². The Morgan fingerprint density at radius 3 is 2.53 bits per heavy atom. The molecule has 0 fully saturated rings. The van der Waals surface area contributed by atoms with Crippen molar-refractivity contribution in [2.75, 3.05) is 12.3 Å². The molecule has 0 aliphatic carbocycles. The van der Waals surface area contributed by atoms with Crippen molar-refractivity contribution in [3.05, 3.63) is 12.0 Å². The van der Waals surface area contributed by atoms with Crippen molar-refractivity contribution in [3.63, 3.8) is 0 Å². The van der Waals surface area contributed by atoms with Crippen LogP contribution in [0.4, 0.5) is 5.82 Å². The number of hydrogen-bond donors (Lipinski definition) is 2. The molecule has 1 heterocycles. The number of rotatable bonds is 4. The second-order valence-electron chi connectivity index (χ2n) is 5.36. The zero-order valence-corrected chi connectivity index (χ0v) is 12.5. The van der Waals surface area contributed by atoms with Gasteiger partial charge in [0.25, 0.3) is 0 Å². The minimum atomic E-state index is -0.305. The standard InChI is InChI=1S/C13H25N5O/c1-6-9(14)17-12(19-7-2)10-11(15)18(8-16-10)13(3,4)5/h8-9H,6-7,14-15H2,1-5H3. The normalized spacial score (nSPS) is 14.5. The van der Waals surface area contributed by atoms with Gasteiger partial charge in [0.2, 0.25) is 5.90 Å². The minimum Gasteiger partial charge on any atom is -0.477 e. The van der Waals surface area contributed by atoms with E-state index in [4.69, 9.17) is 16.2 Å². The van der Waals surface area contributed by atoms with E-state index in [2.05, 4.69) is 30.7 Å². The molecule has 0 aliphatic heterocycles. The second kappa shape index (κ2) is 6.06. The number of imidazole rings is 1. The maximum atomic E-state index is 6.14. The molecule has 1 unspecified atom stereocenters. The highest BCUT2D eigenvalue weighted by atomic mass is 16.5. The van der Waals surface area contributed by atoms with E-state index in [1.54, 1.807) is 6.33 Å². The first kappa shape index (κ1) is 15.5. The van der Waals surface area contributed by atoms with Crippen LogP contribution in [0.25, 0.3) is 0 Å². The molecule has 19 heavy (non-hydrogen) atoms. The molecule has 4 N–H and O–H groups in total. The SMILES string of the molecule is CCOC(=NC(N)CC)c1ncn(C(C)(C)C)c1N. The third kappa shape index (κ3) is 3.70. The van der Waals surface area contributed by atoms with Crippen LogP contribution in [0.15, 0.2) is 11.3 Å². The molecule has 0 radical (unpaired) electrons. The molecular formula is C13H25N5O. The first-order chi connectivity index (χ1) is 8.81. The van der Waals surface area contributed by atoms with Crippen LogP contribution in [0.3, 0.4) is 0 Å². The molecule has 1 aromatic heterocycles. The predicted molar refractivity (Wildman–Crippen MR) is 78.1 cm³/mol. The smallest absolute Gasteiger partial charge is 0.240 e. The lowest BCUT2D eigenvalue weighted by atomic mass is 10.1. The highest BCUT2D eigenvalue weighted by Crippen LogP contribution is 2.22. The van der Waals surface area contributed by atoms with Crippen LogP contribution < -0.4 is 11.5 Å². The summed E-state index contributed by atoms with van der Waals surface area (Å²) in [5.41, 5.74) is 12.4. The Kier molecular flexibility index (Phi) is 4.94. The van der Waals surface area contributed by atoms with Crippen molar-refractivity contribution in [3.8, 4) is 0 Å². The van der Waals surface area contributed by atoms with Crippen molar-refractivity contribution < 1.29 is 4.74 Å². The first-order valence-corrected chi connectivity index (χ1v) is 6.61. The van der Waals surface area contributed by atoms with Crippen LogP contribution in [0.1, 0.15) is 46.7 Å². The Labute approximate surface area is 114 Å². The van der Waals surface area contributed by atoms with E-state index >= 15 is 0 Å². The summed E-state index contributed by atoms with van der Waals surface area (Å²) in [4.78, 5) is 8.64. The van der Waals surface area contributed by atoms with Crippen LogP contribution in [-0.2, 0) is 10.3 Å². The van der Waals surface area contributed by atoms with Gasteiger partial charge in [-0.15, -0.1) is 0 Å². The Hall–Kier alpha value is -1.56. The fraction of sp³-hybridized carbons (Fsp3) is 0.692. The predicted octanol–water partition coefficient (Wildman–Crippen LogP) is 1.70. The monoisotopic (exact) mass is 267 g/mol. The maximum absolute atomic E-state index is 6.14. The molecule has 1 rings (SSSR count). The average molecular weight is 267 g/mol. The van der Waals surface area contributed by atoms with E-state index in [1.807, 2.05) is 18.4 Å². The number of nitrogens with two attached hydrogens (primary N) is 2. The molecule has 0 amide bonds. The number of anilines is 1. The molecule has 0 aliphatic rings. The molecule has 0 spiro atoms. The first-order valence-electron chi connectivity index (χ1n) is 6.61. The van der Waals surface area contributed by atoms with Crippen molar-refractivity contribution in [1.29, 1.82) is 0 Å². The Balaban J connectivity index is 3.18. The van der Waals surface area contributed by atoms with Gasteiger partial charge in [-0.2, -0.15) is 0 Å². The van der Waals surface area contributed by atoms with Crippen molar-refractivity contribution >= 4 is 11.7 Å². The van der Waals surface area contributed by atoms with Gasteiger partial charge in [0.1, 0.15) is 12.0 Å². The quantitative estimate of drug-likeness (QED) is 0.641. The zero-order valence-electron chi connectivity index (χ0n) is 12.5. The fourth-order valence-electron chi connectivity index (χ4n) is 1.60. The Morgan fingerprint density at radius 1 is 1.47 bits per heavy atom.